The van der Waals surface area contributed by atoms with E-state index in [1.165, 1.54) is 18.2 Å². The number of rotatable bonds is 5. The van der Waals surface area contributed by atoms with Crippen molar-refractivity contribution in [1.29, 1.82) is 0 Å². The Balaban J connectivity index is 1.99. The van der Waals surface area contributed by atoms with Crippen molar-refractivity contribution in [2.75, 3.05) is 17.7 Å². The van der Waals surface area contributed by atoms with Gasteiger partial charge < -0.3 is 15.8 Å². The van der Waals surface area contributed by atoms with E-state index >= 15 is 0 Å². The number of nitrogen functional groups attached to an aromatic ring is 1. The first-order valence-electron chi connectivity index (χ1n) is 6.74. The number of halogens is 2. The van der Waals surface area contributed by atoms with Gasteiger partial charge in [0.25, 0.3) is 11.6 Å². The van der Waals surface area contributed by atoms with Crippen LogP contribution in [0, 0.1) is 15.9 Å². The van der Waals surface area contributed by atoms with E-state index in [0.717, 1.165) is 18.2 Å². The van der Waals surface area contributed by atoms with Crippen LogP contribution in [0.2, 0.25) is 5.02 Å². The van der Waals surface area contributed by atoms with Gasteiger partial charge in [-0.3, -0.25) is 14.9 Å². The van der Waals surface area contributed by atoms with E-state index < -0.39 is 29.2 Å². The largest absolute Gasteiger partial charge is 0.452 e. The highest BCUT2D eigenvalue weighted by atomic mass is 35.5. The van der Waals surface area contributed by atoms with E-state index in [0.29, 0.717) is 0 Å². The Kier molecular flexibility index (Phi) is 5.50. The number of amides is 1. The second-order valence-corrected chi connectivity index (χ2v) is 5.19. The zero-order chi connectivity index (χ0) is 18.6. The van der Waals surface area contributed by atoms with Gasteiger partial charge in [-0.25, -0.2) is 9.18 Å². The molecule has 10 heteroatoms. The molecule has 1 amide bonds. The molecule has 0 saturated heterocycles. The number of benzene rings is 2. The number of nitrogens with two attached hydrogens (primary N) is 1. The summed E-state index contributed by atoms with van der Waals surface area (Å²) in [5, 5.41) is 12.9. The molecule has 0 saturated carbocycles. The van der Waals surface area contributed by atoms with Gasteiger partial charge in [-0.1, -0.05) is 11.6 Å². The first-order valence-corrected chi connectivity index (χ1v) is 7.11. The lowest BCUT2D eigenvalue weighted by molar-refractivity contribution is -0.384. The molecular formula is C15H11ClFN3O5. The standard InChI is InChI=1S/C15H11ClFN3O5/c16-11-5-8(1-3-12(11)17)19-14(21)7-25-15(22)10-6-9(20(23)24)2-4-13(10)18/h1-6H,7,18H2,(H,19,21). The number of nitro benzene ring substituents is 1. The van der Waals surface area contributed by atoms with E-state index in [9.17, 15) is 24.1 Å². The van der Waals surface area contributed by atoms with Crippen molar-refractivity contribution in [3.63, 3.8) is 0 Å². The number of nitrogens with one attached hydrogen (secondary N) is 1. The molecule has 2 aromatic rings. The van der Waals surface area contributed by atoms with Crippen molar-refractivity contribution >= 4 is 40.5 Å². The fraction of sp³-hybridized carbons (Fsp3) is 0.0667. The van der Waals surface area contributed by atoms with E-state index in [2.05, 4.69) is 5.32 Å². The molecule has 0 fully saturated rings. The summed E-state index contributed by atoms with van der Waals surface area (Å²) in [4.78, 5) is 33.7. The fourth-order valence-corrected chi connectivity index (χ4v) is 1.99. The van der Waals surface area contributed by atoms with Gasteiger partial charge >= 0.3 is 5.97 Å². The van der Waals surface area contributed by atoms with Crippen molar-refractivity contribution in [2.24, 2.45) is 0 Å². The van der Waals surface area contributed by atoms with E-state index in [1.54, 1.807) is 0 Å². The van der Waals surface area contributed by atoms with Gasteiger partial charge in [-0.15, -0.1) is 0 Å². The molecule has 0 aliphatic carbocycles. The van der Waals surface area contributed by atoms with Gasteiger partial charge in [0, 0.05) is 23.5 Å². The van der Waals surface area contributed by atoms with Crippen LogP contribution < -0.4 is 11.1 Å². The van der Waals surface area contributed by atoms with Crippen LogP contribution in [0.3, 0.4) is 0 Å². The summed E-state index contributed by atoms with van der Waals surface area (Å²) >= 11 is 5.58. The Morgan fingerprint density at radius 1 is 1.28 bits per heavy atom. The van der Waals surface area contributed by atoms with Gasteiger partial charge in [-0.05, 0) is 24.3 Å². The predicted octanol–water partition coefficient (Wildman–Crippen LogP) is 2.77. The van der Waals surface area contributed by atoms with E-state index in [1.807, 2.05) is 0 Å². The molecule has 0 aliphatic rings. The third kappa shape index (κ3) is 4.64. The zero-order valence-corrected chi connectivity index (χ0v) is 13.2. The number of esters is 1. The van der Waals surface area contributed by atoms with Gasteiger partial charge in [-0.2, -0.15) is 0 Å². The Bertz CT molecular complexity index is 859. The number of non-ortho nitro benzene ring substituents is 1. The first kappa shape index (κ1) is 18.1. The number of carbonyl (C=O) groups is 2. The Morgan fingerprint density at radius 2 is 2.00 bits per heavy atom. The second kappa shape index (κ2) is 7.58. The van der Waals surface area contributed by atoms with Crippen LogP contribution >= 0.6 is 11.6 Å². The lowest BCUT2D eigenvalue weighted by Gasteiger charge is -2.08. The van der Waals surface area contributed by atoms with Crippen LogP contribution in [0.5, 0.6) is 0 Å². The van der Waals surface area contributed by atoms with Crippen LogP contribution in [0.25, 0.3) is 0 Å². The average Bonchev–Trinajstić information content (AvgIpc) is 2.56. The summed E-state index contributed by atoms with van der Waals surface area (Å²) in [5.41, 5.74) is 5.19. The second-order valence-electron chi connectivity index (χ2n) is 4.78. The maximum atomic E-state index is 13.0. The van der Waals surface area contributed by atoms with E-state index in [-0.39, 0.29) is 27.6 Å². The number of hydrogen-bond donors (Lipinski definition) is 2. The highest BCUT2D eigenvalue weighted by Gasteiger charge is 2.17. The SMILES string of the molecule is Nc1ccc([N+](=O)[O-])cc1C(=O)OCC(=O)Nc1ccc(F)c(Cl)c1. The molecule has 0 bridgehead atoms. The molecule has 0 aromatic heterocycles. The highest BCUT2D eigenvalue weighted by Crippen LogP contribution is 2.21. The Hall–Kier alpha value is -3.20. The molecule has 0 unspecified atom stereocenters. The number of ether oxygens (including phenoxy) is 1. The van der Waals surface area contributed by atoms with Gasteiger partial charge in [0.2, 0.25) is 0 Å². The number of nitro groups is 1. The molecule has 0 aliphatic heterocycles. The maximum absolute atomic E-state index is 13.0. The van der Waals surface area contributed by atoms with Crippen molar-refractivity contribution in [1.82, 2.24) is 0 Å². The van der Waals surface area contributed by atoms with Crippen molar-refractivity contribution in [2.45, 2.75) is 0 Å². The number of hydrogen-bond acceptors (Lipinski definition) is 6. The molecule has 25 heavy (non-hydrogen) atoms. The Labute approximate surface area is 145 Å². The average molecular weight is 368 g/mol. The molecule has 8 nitrogen and oxygen atoms in total. The van der Waals surface area contributed by atoms with Crippen LogP contribution in [0.15, 0.2) is 36.4 Å². The number of anilines is 2. The maximum Gasteiger partial charge on any atom is 0.341 e. The molecule has 0 heterocycles. The molecule has 0 spiro atoms. The van der Waals surface area contributed by atoms with Crippen LogP contribution in [0.4, 0.5) is 21.5 Å². The van der Waals surface area contributed by atoms with Gasteiger partial charge in [0.1, 0.15) is 5.82 Å². The summed E-state index contributed by atoms with van der Waals surface area (Å²) in [6.07, 6.45) is 0. The van der Waals surface area contributed by atoms with Crippen molar-refractivity contribution < 1.29 is 23.6 Å². The zero-order valence-electron chi connectivity index (χ0n) is 12.5. The van der Waals surface area contributed by atoms with Gasteiger partial charge in [0.05, 0.1) is 15.5 Å². The quantitative estimate of drug-likeness (QED) is 0.362. The highest BCUT2D eigenvalue weighted by molar-refractivity contribution is 6.31. The molecule has 2 aromatic carbocycles. The molecule has 0 radical (unpaired) electrons. The van der Waals surface area contributed by atoms with Crippen molar-refractivity contribution in [3.8, 4) is 0 Å². The lowest BCUT2D eigenvalue weighted by atomic mass is 10.1. The number of nitrogens with zero attached hydrogens (tertiary/aromatic N) is 1. The molecule has 130 valence electrons. The van der Waals surface area contributed by atoms with Crippen LogP contribution in [0.1, 0.15) is 10.4 Å². The Morgan fingerprint density at radius 3 is 2.64 bits per heavy atom. The third-order valence-corrected chi connectivity index (χ3v) is 3.29. The third-order valence-electron chi connectivity index (χ3n) is 3.01. The minimum absolute atomic E-state index is 0.0266. The fourth-order valence-electron chi connectivity index (χ4n) is 1.81. The van der Waals surface area contributed by atoms with Crippen LogP contribution in [-0.4, -0.2) is 23.4 Å². The normalized spacial score (nSPS) is 10.2. The van der Waals surface area contributed by atoms with Crippen molar-refractivity contribution in [3.05, 3.63) is 62.9 Å². The summed E-state index contributed by atoms with van der Waals surface area (Å²) in [6, 6.07) is 6.81. The minimum Gasteiger partial charge on any atom is -0.452 e. The molecule has 0 atom stereocenters. The smallest absolute Gasteiger partial charge is 0.341 e. The lowest BCUT2D eigenvalue weighted by Crippen LogP contribution is -2.21. The summed E-state index contributed by atoms with van der Waals surface area (Å²) in [6.45, 7) is -0.671. The monoisotopic (exact) mass is 367 g/mol. The minimum atomic E-state index is -0.992. The summed E-state index contributed by atoms with van der Waals surface area (Å²) in [7, 11) is 0. The van der Waals surface area contributed by atoms with E-state index in [4.69, 9.17) is 22.1 Å². The van der Waals surface area contributed by atoms with Gasteiger partial charge in [0.15, 0.2) is 6.61 Å². The summed E-state index contributed by atoms with van der Waals surface area (Å²) in [5.74, 6) is -2.35. The molecular weight excluding hydrogens is 357 g/mol. The predicted molar refractivity (Wildman–Crippen MR) is 87.8 cm³/mol. The van der Waals surface area contributed by atoms with Crippen LogP contribution in [-0.2, 0) is 9.53 Å². The molecule has 3 N–H and O–H groups in total. The number of carbonyl (C=O) groups excluding carboxylic acids is 2. The molecule has 2 rings (SSSR count). The summed E-state index contributed by atoms with van der Waals surface area (Å²) < 4.78 is 17.8. The topological polar surface area (TPSA) is 125 Å². The first-order chi connectivity index (χ1) is 11.8.